The van der Waals surface area contributed by atoms with Gasteiger partial charge in [0, 0.05) is 5.56 Å². The van der Waals surface area contributed by atoms with E-state index in [1.54, 1.807) is 13.8 Å². The molecule has 0 aliphatic heterocycles. The lowest BCUT2D eigenvalue weighted by Crippen LogP contribution is -2.05. The van der Waals surface area contributed by atoms with Crippen LogP contribution < -0.4 is 0 Å². The summed E-state index contributed by atoms with van der Waals surface area (Å²) in [6.45, 7) is 3.25. The quantitative estimate of drug-likeness (QED) is 0.407. The normalized spacial score (nSPS) is 12.6. The second-order valence-electron chi connectivity index (χ2n) is 4.58. The standard InChI is InChI=1S/C15H11ClF4/c1-7-5-9(17)6-8(2)12(7)13(16)10-3-4-11(18)15(20)14(10)19/h3-6,13H,1-2H3. The van der Waals surface area contributed by atoms with Gasteiger partial charge in [0.1, 0.15) is 5.82 Å². The maximum absolute atomic E-state index is 13.8. The van der Waals surface area contributed by atoms with Crippen molar-refractivity contribution in [2.24, 2.45) is 0 Å². The Morgan fingerprint density at radius 1 is 0.900 bits per heavy atom. The summed E-state index contributed by atoms with van der Waals surface area (Å²) in [5, 5.41) is -1.02. The van der Waals surface area contributed by atoms with Crippen molar-refractivity contribution in [3.8, 4) is 0 Å². The van der Waals surface area contributed by atoms with Crippen LogP contribution in [0.5, 0.6) is 0 Å². The number of halogens is 5. The van der Waals surface area contributed by atoms with Crippen LogP contribution in [0.1, 0.15) is 27.6 Å². The van der Waals surface area contributed by atoms with E-state index < -0.39 is 28.6 Å². The van der Waals surface area contributed by atoms with Gasteiger partial charge in [0.15, 0.2) is 17.5 Å². The highest BCUT2D eigenvalue weighted by Crippen LogP contribution is 2.36. The molecule has 2 aromatic rings. The van der Waals surface area contributed by atoms with Crippen LogP contribution in [0.4, 0.5) is 17.6 Å². The minimum atomic E-state index is -1.56. The van der Waals surface area contributed by atoms with Crippen molar-refractivity contribution in [1.29, 1.82) is 0 Å². The highest BCUT2D eigenvalue weighted by atomic mass is 35.5. The van der Waals surface area contributed by atoms with Gasteiger partial charge in [0.2, 0.25) is 0 Å². The first-order valence-electron chi connectivity index (χ1n) is 5.87. The Morgan fingerprint density at radius 3 is 2.00 bits per heavy atom. The smallest absolute Gasteiger partial charge is 0.194 e. The van der Waals surface area contributed by atoms with Gasteiger partial charge >= 0.3 is 0 Å². The molecule has 1 unspecified atom stereocenters. The van der Waals surface area contributed by atoms with Gasteiger partial charge in [-0.25, -0.2) is 17.6 Å². The van der Waals surface area contributed by atoms with Gasteiger partial charge in [0.05, 0.1) is 5.38 Å². The molecule has 0 spiro atoms. The van der Waals surface area contributed by atoms with Crippen molar-refractivity contribution < 1.29 is 17.6 Å². The lowest BCUT2D eigenvalue weighted by atomic mass is 9.95. The summed E-state index contributed by atoms with van der Waals surface area (Å²) in [5.74, 6) is -4.60. The van der Waals surface area contributed by atoms with E-state index in [1.165, 1.54) is 12.1 Å². The third-order valence-electron chi connectivity index (χ3n) is 3.15. The first-order chi connectivity index (χ1) is 9.32. The average Bonchev–Trinajstić information content (AvgIpc) is 2.34. The molecule has 20 heavy (non-hydrogen) atoms. The molecule has 0 radical (unpaired) electrons. The highest BCUT2D eigenvalue weighted by molar-refractivity contribution is 6.22. The first-order valence-corrected chi connectivity index (χ1v) is 6.30. The summed E-state index contributed by atoms with van der Waals surface area (Å²) in [4.78, 5) is 0. The fourth-order valence-corrected chi connectivity index (χ4v) is 2.73. The van der Waals surface area contributed by atoms with Gasteiger partial charge in [0.25, 0.3) is 0 Å². The van der Waals surface area contributed by atoms with Crippen molar-refractivity contribution >= 4 is 11.6 Å². The van der Waals surface area contributed by atoms with Crippen LogP contribution in [-0.2, 0) is 0 Å². The SMILES string of the molecule is Cc1cc(F)cc(C)c1C(Cl)c1ccc(F)c(F)c1F. The zero-order chi connectivity index (χ0) is 15.0. The van der Waals surface area contributed by atoms with Gasteiger partial charge in [-0.15, -0.1) is 11.6 Å². The Hall–Kier alpha value is -1.55. The lowest BCUT2D eigenvalue weighted by molar-refractivity contribution is 0.441. The van der Waals surface area contributed by atoms with Crippen LogP contribution >= 0.6 is 11.6 Å². The molecule has 5 heteroatoms. The predicted octanol–water partition coefficient (Wildman–Crippen LogP) is 5.19. The zero-order valence-electron chi connectivity index (χ0n) is 10.8. The summed E-state index contributed by atoms with van der Waals surface area (Å²) in [5.41, 5.74) is 1.35. The second-order valence-corrected chi connectivity index (χ2v) is 5.02. The molecular weight excluding hydrogens is 292 g/mol. The topological polar surface area (TPSA) is 0 Å². The second kappa shape index (κ2) is 5.44. The van der Waals surface area contributed by atoms with Crippen molar-refractivity contribution in [3.63, 3.8) is 0 Å². The molecule has 2 aromatic carbocycles. The van der Waals surface area contributed by atoms with Crippen LogP contribution in [0, 0.1) is 37.1 Å². The van der Waals surface area contributed by atoms with Crippen LogP contribution in [0.3, 0.4) is 0 Å². The van der Waals surface area contributed by atoms with E-state index in [0.717, 1.165) is 12.1 Å². The molecule has 0 aliphatic rings. The van der Waals surface area contributed by atoms with Crippen molar-refractivity contribution in [3.05, 3.63) is 69.8 Å². The highest BCUT2D eigenvalue weighted by Gasteiger charge is 2.23. The van der Waals surface area contributed by atoms with E-state index in [1.807, 2.05) is 0 Å². The Labute approximate surface area is 119 Å². The number of benzene rings is 2. The lowest BCUT2D eigenvalue weighted by Gasteiger charge is -2.17. The predicted molar refractivity (Wildman–Crippen MR) is 69.9 cm³/mol. The fourth-order valence-electron chi connectivity index (χ4n) is 2.21. The summed E-state index contributed by atoms with van der Waals surface area (Å²) >= 11 is 6.17. The molecule has 0 saturated heterocycles. The fraction of sp³-hybridized carbons (Fsp3) is 0.200. The van der Waals surface area contributed by atoms with Gasteiger partial charge in [-0.2, -0.15) is 0 Å². The van der Waals surface area contributed by atoms with E-state index in [0.29, 0.717) is 16.7 Å². The van der Waals surface area contributed by atoms with E-state index in [-0.39, 0.29) is 5.56 Å². The average molecular weight is 303 g/mol. The Balaban J connectivity index is 2.58. The Kier molecular flexibility index (Phi) is 4.04. The molecule has 106 valence electrons. The Bertz CT molecular complexity index is 644. The Morgan fingerprint density at radius 2 is 1.45 bits per heavy atom. The summed E-state index contributed by atoms with van der Waals surface area (Å²) < 4.78 is 53.2. The molecule has 2 rings (SSSR count). The minimum Gasteiger partial charge on any atom is -0.207 e. The van der Waals surface area contributed by atoms with E-state index in [4.69, 9.17) is 11.6 Å². The van der Waals surface area contributed by atoms with Crippen LogP contribution in [-0.4, -0.2) is 0 Å². The molecule has 0 aliphatic carbocycles. The summed E-state index contributed by atoms with van der Waals surface area (Å²) in [7, 11) is 0. The van der Waals surface area contributed by atoms with Gasteiger partial charge < -0.3 is 0 Å². The third-order valence-corrected chi connectivity index (χ3v) is 3.60. The molecule has 0 saturated carbocycles. The largest absolute Gasteiger partial charge is 0.207 e. The molecule has 0 bridgehead atoms. The summed E-state index contributed by atoms with van der Waals surface area (Å²) in [6, 6.07) is 4.43. The van der Waals surface area contributed by atoms with Crippen LogP contribution in [0.2, 0.25) is 0 Å². The molecular formula is C15H11ClF4. The van der Waals surface area contributed by atoms with Crippen LogP contribution in [0.15, 0.2) is 24.3 Å². The van der Waals surface area contributed by atoms with E-state index in [9.17, 15) is 17.6 Å². The number of alkyl halides is 1. The van der Waals surface area contributed by atoms with E-state index >= 15 is 0 Å². The molecule has 0 amide bonds. The molecule has 0 nitrogen and oxygen atoms in total. The third kappa shape index (κ3) is 2.52. The van der Waals surface area contributed by atoms with Gasteiger partial charge in [-0.3, -0.25) is 0 Å². The first kappa shape index (κ1) is 14.9. The van der Waals surface area contributed by atoms with Crippen molar-refractivity contribution in [2.45, 2.75) is 19.2 Å². The molecule has 0 aromatic heterocycles. The molecule has 1 atom stereocenters. The maximum atomic E-state index is 13.8. The molecule has 0 heterocycles. The maximum Gasteiger partial charge on any atom is 0.194 e. The minimum absolute atomic E-state index is 0.177. The van der Waals surface area contributed by atoms with Gasteiger partial charge in [-0.05, 0) is 48.7 Å². The van der Waals surface area contributed by atoms with E-state index in [2.05, 4.69) is 0 Å². The van der Waals surface area contributed by atoms with Crippen molar-refractivity contribution in [2.75, 3.05) is 0 Å². The zero-order valence-corrected chi connectivity index (χ0v) is 11.5. The number of hydrogen-bond donors (Lipinski definition) is 0. The van der Waals surface area contributed by atoms with Crippen LogP contribution in [0.25, 0.3) is 0 Å². The number of hydrogen-bond acceptors (Lipinski definition) is 0. The monoisotopic (exact) mass is 302 g/mol. The van der Waals surface area contributed by atoms with Gasteiger partial charge in [-0.1, -0.05) is 6.07 Å². The number of rotatable bonds is 2. The molecule has 0 fully saturated rings. The van der Waals surface area contributed by atoms with Crippen molar-refractivity contribution in [1.82, 2.24) is 0 Å². The molecule has 0 N–H and O–H groups in total. The summed E-state index contributed by atoms with van der Waals surface area (Å²) in [6.07, 6.45) is 0. The number of aryl methyl sites for hydroxylation is 2.